The van der Waals surface area contributed by atoms with Gasteiger partial charge in [-0.1, -0.05) is 48.0 Å². The van der Waals surface area contributed by atoms with Crippen molar-refractivity contribution >= 4 is 27.3 Å². The number of likely N-dealkylation sites (tertiary alicyclic amines) is 1. The summed E-state index contributed by atoms with van der Waals surface area (Å²) in [4.78, 5) is 14.7. The van der Waals surface area contributed by atoms with E-state index in [1.54, 1.807) is 24.1 Å². The van der Waals surface area contributed by atoms with E-state index in [-0.39, 0.29) is 23.8 Å². The quantitative estimate of drug-likeness (QED) is 0.405. The van der Waals surface area contributed by atoms with Crippen molar-refractivity contribution in [1.82, 2.24) is 4.90 Å². The Hall–Kier alpha value is -3.03. The monoisotopic (exact) mass is 513 g/mol. The predicted octanol–water partition coefficient (Wildman–Crippen LogP) is 4.94. The third kappa shape index (κ3) is 6.16. The van der Waals surface area contributed by atoms with Crippen LogP contribution in [0.4, 0.5) is 0 Å². The zero-order chi connectivity index (χ0) is 24.8. The zero-order valence-electron chi connectivity index (χ0n) is 19.5. The molecule has 35 heavy (non-hydrogen) atoms. The van der Waals surface area contributed by atoms with Gasteiger partial charge in [0.05, 0.1) is 17.3 Å². The van der Waals surface area contributed by atoms with Gasteiger partial charge < -0.3 is 14.4 Å². The molecule has 1 saturated heterocycles. The first kappa shape index (κ1) is 25.1. The number of ether oxygens (including phenoxy) is 2. The number of carbonyl (C=O) groups is 1. The van der Waals surface area contributed by atoms with E-state index in [9.17, 15) is 13.2 Å². The summed E-state index contributed by atoms with van der Waals surface area (Å²) in [7, 11) is -1.92. The lowest BCUT2D eigenvalue weighted by atomic mass is 10.1. The summed E-state index contributed by atoms with van der Waals surface area (Å²) in [5.74, 6) is 1.20. The zero-order valence-corrected chi connectivity index (χ0v) is 21.1. The number of hydrogen-bond donors (Lipinski definition) is 0. The number of benzene rings is 3. The Morgan fingerprint density at radius 1 is 1.00 bits per heavy atom. The first-order valence-electron chi connectivity index (χ1n) is 11.5. The van der Waals surface area contributed by atoms with Crippen molar-refractivity contribution in [3.63, 3.8) is 0 Å². The summed E-state index contributed by atoms with van der Waals surface area (Å²) in [6, 6.07) is 21.7. The molecule has 0 N–H and O–H groups in total. The normalized spacial score (nSPS) is 15.7. The lowest BCUT2D eigenvalue weighted by Gasteiger charge is -2.17. The highest BCUT2D eigenvalue weighted by atomic mass is 35.5. The molecule has 1 aliphatic heterocycles. The van der Waals surface area contributed by atoms with Crippen molar-refractivity contribution in [3.8, 4) is 11.5 Å². The highest BCUT2D eigenvalue weighted by Crippen LogP contribution is 2.30. The Labute approximate surface area is 211 Å². The van der Waals surface area contributed by atoms with Crippen LogP contribution in [0.1, 0.15) is 24.0 Å². The summed E-state index contributed by atoms with van der Waals surface area (Å²) < 4.78 is 37.3. The van der Waals surface area contributed by atoms with Gasteiger partial charge in [0.2, 0.25) is 5.91 Å². The average Bonchev–Trinajstić information content (AvgIpc) is 3.38. The number of halogens is 1. The van der Waals surface area contributed by atoms with E-state index in [1.165, 1.54) is 12.1 Å². The number of nitrogens with zero attached hydrogens (tertiary/aromatic N) is 1. The molecule has 1 amide bonds. The van der Waals surface area contributed by atoms with Crippen molar-refractivity contribution in [3.05, 3.63) is 88.9 Å². The molecule has 184 valence electrons. The molecule has 0 spiro atoms. The molecule has 8 heteroatoms. The average molecular weight is 514 g/mol. The van der Waals surface area contributed by atoms with Gasteiger partial charge in [0, 0.05) is 24.5 Å². The summed E-state index contributed by atoms with van der Waals surface area (Å²) >= 11 is 5.88. The number of rotatable bonds is 9. The highest BCUT2D eigenvalue weighted by molar-refractivity contribution is 7.92. The molecule has 6 nitrogen and oxygen atoms in total. The second-order valence-electron chi connectivity index (χ2n) is 8.51. The lowest BCUT2D eigenvalue weighted by Crippen LogP contribution is -2.32. The third-order valence-electron chi connectivity index (χ3n) is 6.17. The fourth-order valence-corrected chi connectivity index (χ4v) is 5.98. The summed E-state index contributed by atoms with van der Waals surface area (Å²) in [5.41, 5.74) is 2.00. The molecule has 3 aromatic carbocycles. The fourth-order valence-electron chi connectivity index (χ4n) is 4.16. The molecule has 1 atom stereocenters. The van der Waals surface area contributed by atoms with Crippen molar-refractivity contribution < 1.29 is 22.7 Å². The van der Waals surface area contributed by atoms with Crippen molar-refractivity contribution in [2.24, 2.45) is 0 Å². The minimum atomic E-state index is -3.51. The van der Waals surface area contributed by atoms with Crippen molar-refractivity contribution in [2.45, 2.75) is 36.0 Å². The second-order valence-corrected chi connectivity index (χ2v) is 11.2. The maximum Gasteiger partial charge on any atom is 0.222 e. The number of amides is 1. The van der Waals surface area contributed by atoms with Crippen LogP contribution in [-0.2, 0) is 27.7 Å². The standard InChI is InChI=1S/C27H28ClNO5S/c1-33-25-13-7-20(17-26(25)34-19-21-5-3-2-4-6-21)8-14-27(30)29-16-15-24(18-29)35(31,32)23-11-9-22(28)10-12-23/h2-7,9-13,17,24H,8,14-16,18-19H2,1H3. The molecule has 1 unspecified atom stereocenters. The first-order valence-corrected chi connectivity index (χ1v) is 13.4. The predicted molar refractivity (Wildman–Crippen MR) is 136 cm³/mol. The molecule has 1 aliphatic rings. The van der Waals surface area contributed by atoms with Crippen LogP contribution in [0.5, 0.6) is 11.5 Å². The second kappa shape index (κ2) is 11.1. The molecule has 0 bridgehead atoms. The first-order chi connectivity index (χ1) is 16.9. The van der Waals surface area contributed by atoms with Crippen LogP contribution in [0.25, 0.3) is 0 Å². The highest BCUT2D eigenvalue weighted by Gasteiger charge is 2.35. The van der Waals surface area contributed by atoms with E-state index >= 15 is 0 Å². The Morgan fingerprint density at radius 2 is 1.74 bits per heavy atom. The molecule has 0 saturated carbocycles. The molecule has 4 rings (SSSR count). The number of methoxy groups -OCH3 is 1. The van der Waals surface area contributed by atoms with E-state index in [1.807, 2.05) is 48.5 Å². The van der Waals surface area contributed by atoms with Crippen LogP contribution in [0, 0.1) is 0 Å². The van der Waals surface area contributed by atoms with Gasteiger partial charge >= 0.3 is 0 Å². The lowest BCUT2D eigenvalue weighted by molar-refractivity contribution is -0.130. The van der Waals surface area contributed by atoms with Gasteiger partial charge in [0.25, 0.3) is 0 Å². The molecular formula is C27H28ClNO5S. The van der Waals surface area contributed by atoms with Gasteiger partial charge in [-0.05, 0) is 60.4 Å². The minimum Gasteiger partial charge on any atom is -0.493 e. The van der Waals surface area contributed by atoms with Crippen LogP contribution in [0.2, 0.25) is 5.02 Å². The maximum absolute atomic E-state index is 12.9. The van der Waals surface area contributed by atoms with E-state index in [2.05, 4.69) is 0 Å². The van der Waals surface area contributed by atoms with Crippen LogP contribution < -0.4 is 9.47 Å². The van der Waals surface area contributed by atoms with Crippen molar-refractivity contribution in [2.75, 3.05) is 20.2 Å². The minimum absolute atomic E-state index is 0.0543. The van der Waals surface area contributed by atoms with Crippen LogP contribution in [0.3, 0.4) is 0 Å². The van der Waals surface area contributed by atoms with Gasteiger partial charge in [-0.15, -0.1) is 0 Å². The molecule has 1 fully saturated rings. The van der Waals surface area contributed by atoms with E-state index in [0.717, 1.165) is 11.1 Å². The Balaban J connectivity index is 1.35. The van der Waals surface area contributed by atoms with Gasteiger partial charge in [0.15, 0.2) is 21.3 Å². The molecular weight excluding hydrogens is 486 g/mol. The van der Waals surface area contributed by atoms with Gasteiger partial charge in [-0.3, -0.25) is 4.79 Å². The summed E-state index contributed by atoms with van der Waals surface area (Å²) in [5, 5.41) is -0.120. The molecule has 0 radical (unpaired) electrons. The Bertz CT molecular complexity index is 1260. The Kier molecular flexibility index (Phi) is 7.98. The molecule has 3 aromatic rings. The Morgan fingerprint density at radius 3 is 2.46 bits per heavy atom. The fraction of sp³-hybridized carbons (Fsp3) is 0.296. The largest absolute Gasteiger partial charge is 0.493 e. The molecule has 0 aromatic heterocycles. The topological polar surface area (TPSA) is 72.9 Å². The van der Waals surface area contributed by atoms with Gasteiger partial charge in [-0.25, -0.2) is 8.42 Å². The van der Waals surface area contributed by atoms with E-state index in [0.29, 0.717) is 42.5 Å². The van der Waals surface area contributed by atoms with E-state index < -0.39 is 15.1 Å². The SMILES string of the molecule is COc1ccc(CCC(=O)N2CCC(S(=O)(=O)c3ccc(Cl)cc3)C2)cc1OCc1ccccc1. The maximum atomic E-state index is 12.9. The smallest absolute Gasteiger partial charge is 0.222 e. The van der Waals surface area contributed by atoms with Crippen LogP contribution >= 0.6 is 11.6 Å². The van der Waals surface area contributed by atoms with E-state index in [4.69, 9.17) is 21.1 Å². The summed E-state index contributed by atoms with van der Waals surface area (Å²) in [6.07, 6.45) is 1.24. The number of sulfone groups is 1. The number of hydrogen-bond acceptors (Lipinski definition) is 5. The molecule has 0 aliphatic carbocycles. The van der Waals surface area contributed by atoms with Gasteiger partial charge in [-0.2, -0.15) is 0 Å². The number of carbonyl (C=O) groups excluding carboxylic acids is 1. The third-order valence-corrected chi connectivity index (χ3v) is 8.62. The van der Waals surface area contributed by atoms with Gasteiger partial charge in [0.1, 0.15) is 6.61 Å². The van der Waals surface area contributed by atoms with Crippen LogP contribution in [-0.4, -0.2) is 44.7 Å². The number of aryl methyl sites for hydroxylation is 1. The van der Waals surface area contributed by atoms with Crippen molar-refractivity contribution in [1.29, 1.82) is 0 Å². The molecule has 1 heterocycles. The van der Waals surface area contributed by atoms with Crippen LogP contribution in [0.15, 0.2) is 77.7 Å². The summed E-state index contributed by atoms with van der Waals surface area (Å²) in [6.45, 7) is 1.05.